The van der Waals surface area contributed by atoms with Gasteiger partial charge in [-0.25, -0.2) is 0 Å². The molecule has 0 bridgehead atoms. The van der Waals surface area contributed by atoms with Crippen molar-refractivity contribution in [3.8, 4) is 0 Å². The maximum atomic E-state index is 5.90. The van der Waals surface area contributed by atoms with Gasteiger partial charge in [-0.1, -0.05) is 30.3 Å². The van der Waals surface area contributed by atoms with Crippen LogP contribution in [-0.4, -0.2) is 32.4 Å². The smallest absolute Gasteiger partial charge is 0.0866 e. The second kappa shape index (κ2) is 5.83. The molecule has 3 atom stereocenters. The quantitative estimate of drug-likeness (QED) is 0.884. The van der Waals surface area contributed by atoms with Crippen LogP contribution >= 0.6 is 0 Å². The van der Waals surface area contributed by atoms with Gasteiger partial charge in [0.25, 0.3) is 0 Å². The van der Waals surface area contributed by atoms with Crippen molar-refractivity contribution in [2.75, 3.05) is 26.4 Å². The van der Waals surface area contributed by atoms with Crippen molar-refractivity contribution < 1.29 is 9.47 Å². The fraction of sp³-hybridized carbons (Fsp3) is 0.600. The molecular weight excluding hydrogens is 226 g/mol. The summed E-state index contributed by atoms with van der Waals surface area (Å²) in [4.78, 5) is 0. The molecular formula is C15H21NO2. The predicted molar refractivity (Wildman–Crippen MR) is 70.5 cm³/mol. The molecule has 98 valence electrons. The lowest BCUT2D eigenvalue weighted by Gasteiger charge is -2.21. The molecule has 2 saturated heterocycles. The minimum absolute atomic E-state index is 0.265. The first-order valence-corrected chi connectivity index (χ1v) is 6.91. The highest BCUT2D eigenvalue weighted by molar-refractivity contribution is 5.19. The highest BCUT2D eigenvalue weighted by atomic mass is 16.5. The first kappa shape index (κ1) is 12.2. The summed E-state index contributed by atoms with van der Waals surface area (Å²) >= 11 is 0. The standard InChI is InChI=1S/C15H21NO2/c1-2-4-12(5-3-1)15-13(6-9-18-15)10-16-14-7-8-17-11-14/h1-5,13-16H,6-11H2/t13-,14+,15-/m1/s1. The fourth-order valence-corrected chi connectivity index (χ4v) is 2.87. The summed E-state index contributed by atoms with van der Waals surface area (Å²) in [5.74, 6) is 0.591. The van der Waals surface area contributed by atoms with Gasteiger partial charge >= 0.3 is 0 Å². The Morgan fingerprint density at radius 1 is 1.11 bits per heavy atom. The van der Waals surface area contributed by atoms with Crippen LogP contribution in [0.4, 0.5) is 0 Å². The van der Waals surface area contributed by atoms with E-state index in [4.69, 9.17) is 9.47 Å². The lowest BCUT2D eigenvalue weighted by atomic mass is 9.95. The summed E-state index contributed by atoms with van der Waals surface area (Å²) in [6.45, 7) is 3.69. The maximum absolute atomic E-state index is 5.90. The van der Waals surface area contributed by atoms with Gasteiger partial charge in [-0.2, -0.15) is 0 Å². The predicted octanol–water partition coefficient (Wildman–Crippen LogP) is 2.14. The van der Waals surface area contributed by atoms with Crippen molar-refractivity contribution in [1.82, 2.24) is 5.32 Å². The van der Waals surface area contributed by atoms with Crippen LogP contribution in [0.1, 0.15) is 24.5 Å². The van der Waals surface area contributed by atoms with Crippen LogP contribution in [0, 0.1) is 5.92 Å². The SMILES string of the molecule is c1ccc([C@H]2OCC[C@@H]2CN[C@H]2CCOC2)cc1. The molecule has 1 aromatic carbocycles. The number of rotatable bonds is 4. The van der Waals surface area contributed by atoms with Gasteiger partial charge < -0.3 is 14.8 Å². The molecule has 0 saturated carbocycles. The van der Waals surface area contributed by atoms with E-state index in [1.807, 2.05) is 0 Å². The van der Waals surface area contributed by atoms with E-state index in [0.29, 0.717) is 12.0 Å². The molecule has 0 amide bonds. The number of ether oxygens (including phenoxy) is 2. The van der Waals surface area contributed by atoms with Crippen molar-refractivity contribution in [1.29, 1.82) is 0 Å². The number of nitrogens with one attached hydrogen (secondary N) is 1. The second-order valence-electron chi connectivity index (χ2n) is 5.22. The molecule has 2 aliphatic heterocycles. The zero-order valence-electron chi connectivity index (χ0n) is 10.7. The van der Waals surface area contributed by atoms with Crippen molar-refractivity contribution >= 4 is 0 Å². The summed E-state index contributed by atoms with van der Waals surface area (Å²) in [7, 11) is 0. The Kier molecular flexibility index (Phi) is 3.93. The van der Waals surface area contributed by atoms with E-state index in [9.17, 15) is 0 Å². The van der Waals surface area contributed by atoms with Crippen LogP contribution in [0.3, 0.4) is 0 Å². The molecule has 3 nitrogen and oxygen atoms in total. The third-order valence-electron chi connectivity index (χ3n) is 3.94. The van der Waals surface area contributed by atoms with Gasteiger partial charge in [0.05, 0.1) is 12.7 Å². The summed E-state index contributed by atoms with van der Waals surface area (Å²) in [6, 6.07) is 11.1. The van der Waals surface area contributed by atoms with Gasteiger partial charge in [0.1, 0.15) is 0 Å². The average Bonchev–Trinajstić information content (AvgIpc) is 3.09. The fourth-order valence-electron chi connectivity index (χ4n) is 2.87. The van der Waals surface area contributed by atoms with E-state index in [-0.39, 0.29) is 6.10 Å². The molecule has 3 heteroatoms. The first-order chi connectivity index (χ1) is 8.93. The molecule has 0 aliphatic carbocycles. The molecule has 0 radical (unpaired) electrons. The summed E-state index contributed by atoms with van der Waals surface area (Å²) < 4.78 is 11.3. The molecule has 2 aliphatic rings. The Labute approximate surface area is 108 Å². The van der Waals surface area contributed by atoms with Crippen LogP contribution in [-0.2, 0) is 9.47 Å². The largest absolute Gasteiger partial charge is 0.380 e. The average molecular weight is 247 g/mol. The van der Waals surface area contributed by atoms with Gasteiger partial charge in [0.2, 0.25) is 0 Å². The zero-order valence-corrected chi connectivity index (χ0v) is 10.7. The van der Waals surface area contributed by atoms with Gasteiger partial charge in [-0.05, 0) is 18.4 Å². The van der Waals surface area contributed by atoms with E-state index in [2.05, 4.69) is 35.6 Å². The minimum Gasteiger partial charge on any atom is -0.380 e. The van der Waals surface area contributed by atoms with Gasteiger partial charge in [-0.15, -0.1) is 0 Å². The molecule has 0 unspecified atom stereocenters. The highest BCUT2D eigenvalue weighted by Gasteiger charge is 2.30. The van der Waals surface area contributed by atoms with Crippen LogP contribution in [0.5, 0.6) is 0 Å². The molecule has 1 N–H and O–H groups in total. The summed E-state index contributed by atoms with van der Waals surface area (Å²) in [6.07, 6.45) is 2.56. The lowest BCUT2D eigenvalue weighted by Crippen LogP contribution is -2.34. The minimum atomic E-state index is 0.265. The van der Waals surface area contributed by atoms with E-state index >= 15 is 0 Å². The normalized spacial score (nSPS) is 31.9. The van der Waals surface area contributed by atoms with Crippen molar-refractivity contribution in [2.24, 2.45) is 5.92 Å². The van der Waals surface area contributed by atoms with Crippen LogP contribution in [0.2, 0.25) is 0 Å². The number of hydrogen-bond acceptors (Lipinski definition) is 3. The highest BCUT2D eigenvalue weighted by Crippen LogP contribution is 2.34. The summed E-state index contributed by atoms with van der Waals surface area (Å²) in [5.41, 5.74) is 1.31. The number of hydrogen-bond donors (Lipinski definition) is 1. The first-order valence-electron chi connectivity index (χ1n) is 6.91. The Morgan fingerprint density at radius 3 is 2.78 bits per heavy atom. The van der Waals surface area contributed by atoms with Gasteiger partial charge in [0.15, 0.2) is 0 Å². The Bertz CT molecular complexity index is 362. The molecule has 2 heterocycles. The lowest BCUT2D eigenvalue weighted by molar-refractivity contribution is 0.0895. The topological polar surface area (TPSA) is 30.5 Å². The molecule has 18 heavy (non-hydrogen) atoms. The molecule has 0 spiro atoms. The van der Waals surface area contributed by atoms with Crippen LogP contribution < -0.4 is 5.32 Å². The van der Waals surface area contributed by atoms with Crippen LogP contribution in [0.15, 0.2) is 30.3 Å². The van der Waals surface area contributed by atoms with Crippen molar-refractivity contribution in [2.45, 2.75) is 25.0 Å². The third-order valence-corrected chi connectivity index (χ3v) is 3.94. The maximum Gasteiger partial charge on any atom is 0.0866 e. The third kappa shape index (κ3) is 2.74. The molecule has 0 aromatic heterocycles. The van der Waals surface area contributed by atoms with Crippen molar-refractivity contribution in [3.63, 3.8) is 0 Å². The Balaban J connectivity index is 1.57. The van der Waals surface area contributed by atoms with Gasteiger partial charge in [-0.3, -0.25) is 0 Å². The zero-order chi connectivity index (χ0) is 12.2. The summed E-state index contributed by atoms with van der Waals surface area (Å²) in [5, 5.41) is 3.62. The number of benzene rings is 1. The molecule has 1 aromatic rings. The van der Waals surface area contributed by atoms with Gasteiger partial charge in [0, 0.05) is 31.7 Å². The second-order valence-corrected chi connectivity index (χ2v) is 5.22. The van der Waals surface area contributed by atoms with E-state index in [0.717, 1.165) is 39.2 Å². The van der Waals surface area contributed by atoms with Crippen LogP contribution in [0.25, 0.3) is 0 Å². The molecule has 2 fully saturated rings. The van der Waals surface area contributed by atoms with E-state index in [1.54, 1.807) is 0 Å². The van der Waals surface area contributed by atoms with E-state index < -0.39 is 0 Å². The molecule has 3 rings (SSSR count). The monoisotopic (exact) mass is 247 g/mol. The Morgan fingerprint density at radius 2 is 2.00 bits per heavy atom. The Hall–Kier alpha value is -0.900. The van der Waals surface area contributed by atoms with Crippen molar-refractivity contribution in [3.05, 3.63) is 35.9 Å². The van der Waals surface area contributed by atoms with E-state index in [1.165, 1.54) is 5.56 Å².